The Bertz CT molecular complexity index is 1020. The van der Waals surface area contributed by atoms with Gasteiger partial charge in [-0.1, -0.05) is 18.2 Å². The van der Waals surface area contributed by atoms with Crippen LogP contribution in [0.5, 0.6) is 0 Å². The van der Waals surface area contributed by atoms with Gasteiger partial charge >= 0.3 is 5.82 Å². The van der Waals surface area contributed by atoms with Gasteiger partial charge < -0.3 is 0 Å². The van der Waals surface area contributed by atoms with Crippen molar-refractivity contribution in [3.05, 3.63) is 57.0 Å². The third kappa shape index (κ3) is 2.40. The monoisotopic (exact) mass is 323 g/mol. The SMILES string of the molecule is Cc1[nH]nc([N+]#N)c1N=Nc1c(C)n(C)n(-c2ccccc2)c1=O. The minimum atomic E-state index is -0.284. The predicted octanol–water partition coefficient (Wildman–Crippen LogP) is 3.42. The molecule has 0 saturated carbocycles. The Labute approximate surface area is 136 Å². The number of nitrogens with one attached hydrogen (secondary N) is 1. The highest BCUT2D eigenvalue weighted by atomic mass is 16.1. The molecule has 3 rings (SSSR count). The number of hydrogen-bond donors (Lipinski definition) is 1. The van der Waals surface area contributed by atoms with E-state index in [0.717, 1.165) is 5.69 Å². The second-order valence-corrected chi connectivity index (χ2v) is 5.23. The highest BCUT2D eigenvalue weighted by molar-refractivity contribution is 5.63. The lowest BCUT2D eigenvalue weighted by Gasteiger charge is -2.07. The first-order valence-corrected chi connectivity index (χ1v) is 7.20. The fourth-order valence-corrected chi connectivity index (χ4v) is 2.37. The topological polar surface area (TPSA) is 108 Å². The molecule has 0 fully saturated rings. The minimum absolute atomic E-state index is 0.0215. The Morgan fingerprint density at radius 1 is 1.17 bits per heavy atom. The maximum absolute atomic E-state index is 12.7. The lowest BCUT2D eigenvalue weighted by atomic mass is 10.3. The van der Waals surface area contributed by atoms with Crippen LogP contribution in [0.1, 0.15) is 11.4 Å². The summed E-state index contributed by atoms with van der Waals surface area (Å²) in [6, 6.07) is 9.27. The molecule has 0 aliphatic rings. The summed E-state index contributed by atoms with van der Waals surface area (Å²) in [5, 5.41) is 23.4. The summed E-state index contributed by atoms with van der Waals surface area (Å²) >= 11 is 0. The standard InChI is InChI=1S/C15H15N8O/c1-9-12(14(17-16)21-18-9)19-20-13-10(2)22(3)23(15(13)24)11-7-5-4-6-8-11/h4-8H,1-3H3,(H,18,21)/q+1. The highest BCUT2D eigenvalue weighted by Gasteiger charge is 2.22. The number of azo groups is 1. The zero-order chi connectivity index (χ0) is 17.3. The molecular formula is C15H15N8O+. The number of hydrogen-bond acceptors (Lipinski definition) is 5. The molecule has 3 aromatic rings. The highest BCUT2D eigenvalue weighted by Crippen LogP contribution is 2.30. The maximum atomic E-state index is 12.7. The van der Waals surface area contributed by atoms with E-state index in [9.17, 15) is 4.79 Å². The first kappa shape index (κ1) is 15.4. The molecule has 1 N–H and O–H groups in total. The van der Waals surface area contributed by atoms with Crippen molar-refractivity contribution in [2.45, 2.75) is 13.8 Å². The third-order valence-electron chi connectivity index (χ3n) is 3.77. The van der Waals surface area contributed by atoms with E-state index in [1.165, 1.54) is 4.68 Å². The van der Waals surface area contributed by atoms with Crippen LogP contribution in [0, 0.1) is 19.2 Å². The third-order valence-corrected chi connectivity index (χ3v) is 3.77. The van der Waals surface area contributed by atoms with Crippen molar-refractivity contribution in [2.75, 3.05) is 0 Å². The second-order valence-electron chi connectivity index (χ2n) is 5.23. The molecule has 0 aliphatic heterocycles. The molecule has 0 atom stereocenters. The normalized spacial score (nSPS) is 11.1. The first-order chi connectivity index (χ1) is 11.5. The van der Waals surface area contributed by atoms with Crippen molar-refractivity contribution in [2.24, 2.45) is 17.3 Å². The fourth-order valence-electron chi connectivity index (χ4n) is 2.37. The predicted molar refractivity (Wildman–Crippen MR) is 88.0 cm³/mol. The molecule has 0 amide bonds. The van der Waals surface area contributed by atoms with E-state index in [-0.39, 0.29) is 22.8 Å². The van der Waals surface area contributed by atoms with Crippen molar-refractivity contribution in [1.82, 2.24) is 19.6 Å². The zero-order valence-corrected chi connectivity index (χ0v) is 13.4. The number of nitrogens with zero attached hydrogens (tertiary/aromatic N) is 7. The van der Waals surface area contributed by atoms with Crippen LogP contribution in [0.3, 0.4) is 0 Å². The van der Waals surface area contributed by atoms with E-state index in [4.69, 9.17) is 5.39 Å². The van der Waals surface area contributed by atoms with Gasteiger partial charge in [0.15, 0.2) is 5.69 Å². The average molecular weight is 323 g/mol. The smallest absolute Gasteiger partial charge is 0.283 e. The van der Waals surface area contributed by atoms with Crippen LogP contribution in [0.15, 0.2) is 45.4 Å². The summed E-state index contributed by atoms with van der Waals surface area (Å²) in [5.41, 5.74) is 2.20. The number of H-pyrrole nitrogens is 1. The molecule has 2 aromatic heterocycles. The van der Waals surface area contributed by atoms with Gasteiger partial charge in [0.05, 0.1) is 27.6 Å². The minimum Gasteiger partial charge on any atom is -0.283 e. The van der Waals surface area contributed by atoms with E-state index < -0.39 is 0 Å². The molecule has 9 heteroatoms. The Kier molecular flexibility index (Phi) is 3.79. The number of rotatable bonds is 3. The molecule has 9 nitrogen and oxygen atoms in total. The van der Waals surface area contributed by atoms with Crippen LogP contribution in [0.4, 0.5) is 17.2 Å². The Morgan fingerprint density at radius 2 is 1.83 bits per heavy atom. The molecule has 0 unspecified atom stereocenters. The van der Waals surface area contributed by atoms with Gasteiger partial charge in [0, 0.05) is 12.0 Å². The summed E-state index contributed by atoms with van der Waals surface area (Å²) in [6.07, 6.45) is 0. The van der Waals surface area contributed by atoms with Crippen LogP contribution >= 0.6 is 0 Å². The van der Waals surface area contributed by atoms with Crippen molar-refractivity contribution in [3.63, 3.8) is 0 Å². The summed E-state index contributed by atoms with van der Waals surface area (Å²) in [5.74, 6) is 0.0215. The first-order valence-electron chi connectivity index (χ1n) is 7.20. The van der Waals surface area contributed by atoms with Gasteiger partial charge in [-0.15, -0.1) is 10.2 Å². The summed E-state index contributed by atoms with van der Waals surface area (Å²) < 4.78 is 3.23. The van der Waals surface area contributed by atoms with E-state index >= 15 is 0 Å². The number of aryl methyl sites for hydroxylation is 1. The number of aromatic amines is 1. The number of aromatic nitrogens is 4. The average Bonchev–Trinajstić information content (AvgIpc) is 3.05. The van der Waals surface area contributed by atoms with Crippen LogP contribution in [-0.2, 0) is 7.05 Å². The molecular weight excluding hydrogens is 308 g/mol. The summed E-state index contributed by atoms with van der Waals surface area (Å²) in [7, 11) is 1.78. The summed E-state index contributed by atoms with van der Waals surface area (Å²) in [6.45, 7) is 3.50. The van der Waals surface area contributed by atoms with Gasteiger partial charge in [-0.05, 0) is 26.0 Å². The van der Waals surface area contributed by atoms with Gasteiger partial charge in [-0.25, -0.2) is 4.68 Å². The molecule has 120 valence electrons. The van der Waals surface area contributed by atoms with Crippen molar-refractivity contribution < 1.29 is 0 Å². The molecule has 24 heavy (non-hydrogen) atoms. The maximum Gasteiger partial charge on any atom is 0.515 e. The molecule has 0 saturated heterocycles. The fraction of sp³-hybridized carbons (Fsp3) is 0.200. The number of para-hydroxylation sites is 1. The molecule has 1 aromatic carbocycles. The molecule has 0 aliphatic carbocycles. The number of benzene rings is 1. The molecule has 0 radical (unpaired) electrons. The largest absolute Gasteiger partial charge is 0.515 e. The van der Waals surface area contributed by atoms with Crippen molar-refractivity contribution in [3.8, 4) is 5.69 Å². The van der Waals surface area contributed by atoms with E-state index in [2.05, 4.69) is 25.4 Å². The Hall–Kier alpha value is -3.54. The van der Waals surface area contributed by atoms with Gasteiger partial charge in [0.2, 0.25) is 5.69 Å². The Morgan fingerprint density at radius 3 is 2.50 bits per heavy atom. The van der Waals surface area contributed by atoms with Gasteiger partial charge in [0.1, 0.15) is 0 Å². The van der Waals surface area contributed by atoms with E-state index in [1.54, 1.807) is 25.6 Å². The lowest BCUT2D eigenvalue weighted by molar-refractivity contribution is 0.630. The number of diazo groups is 1. The molecule has 0 spiro atoms. The quantitative estimate of drug-likeness (QED) is 0.589. The van der Waals surface area contributed by atoms with Gasteiger partial charge in [-0.3, -0.25) is 9.48 Å². The van der Waals surface area contributed by atoms with E-state index in [0.29, 0.717) is 11.4 Å². The van der Waals surface area contributed by atoms with Crippen LogP contribution in [0.25, 0.3) is 10.7 Å². The van der Waals surface area contributed by atoms with Crippen molar-refractivity contribution >= 4 is 17.2 Å². The summed E-state index contributed by atoms with van der Waals surface area (Å²) in [4.78, 5) is 15.7. The molecule has 2 heterocycles. The van der Waals surface area contributed by atoms with Crippen LogP contribution in [0.2, 0.25) is 0 Å². The van der Waals surface area contributed by atoms with Crippen LogP contribution in [-0.4, -0.2) is 19.6 Å². The molecule has 0 bridgehead atoms. The van der Waals surface area contributed by atoms with E-state index in [1.807, 2.05) is 30.3 Å². The van der Waals surface area contributed by atoms with Gasteiger partial charge in [0.25, 0.3) is 5.56 Å². The Balaban J connectivity index is 2.11. The zero-order valence-electron chi connectivity index (χ0n) is 13.4. The lowest BCUT2D eigenvalue weighted by Crippen LogP contribution is -2.19. The van der Waals surface area contributed by atoms with Crippen molar-refractivity contribution in [1.29, 1.82) is 5.39 Å². The van der Waals surface area contributed by atoms with Crippen LogP contribution < -0.4 is 5.56 Å². The second kappa shape index (κ2) is 5.92. The van der Waals surface area contributed by atoms with Gasteiger partial charge in [-0.2, -0.15) is 5.10 Å².